The molecule has 3 rings (SSSR count). The third-order valence-electron chi connectivity index (χ3n) is 3.96. The van der Waals surface area contributed by atoms with E-state index in [1.165, 1.54) is 0 Å². The van der Waals surface area contributed by atoms with Crippen molar-refractivity contribution in [1.29, 1.82) is 0 Å². The maximum atomic E-state index is 12.4. The molecule has 3 heterocycles. The Morgan fingerprint density at radius 2 is 2.25 bits per heavy atom. The Bertz CT molecular complexity index is 546. The number of hydrogen-bond donors (Lipinski definition) is 1. The first-order valence-corrected chi connectivity index (χ1v) is 6.91. The summed E-state index contributed by atoms with van der Waals surface area (Å²) in [5.74, 6) is 0.119. The minimum Gasteiger partial charge on any atom is -0.329 e. The van der Waals surface area contributed by atoms with Gasteiger partial charge in [0.15, 0.2) is 0 Å². The predicted molar refractivity (Wildman–Crippen MR) is 72.3 cm³/mol. The lowest BCUT2D eigenvalue weighted by Gasteiger charge is -2.36. The Labute approximate surface area is 117 Å². The summed E-state index contributed by atoms with van der Waals surface area (Å²) in [6.07, 6.45) is 3.39. The van der Waals surface area contributed by atoms with E-state index >= 15 is 0 Å². The quantitative estimate of drug-likeness (QED) is 0.833. The van der Waals surface area contributed by atoms with Gasteiger partial charge in [-0.1, -0.05) is 0 Å². The van der Waals surface area contributed by atoms with Crippen LogP contribution in [0.2, 0.25) is 0 Å². The normalized spacial score (nSPS) is 22.4. The van der Waals surface area contributed by atoms with Crippen LogP contribution in [0.3, 0.4) is 0 Å². The Kier molecular flexibility index (Phi) is 3.40. The number of hydrogen-bond acceptors (Lipinski definition) is 4. The van der Waals surface area contributed by atoms with E-state index in [0.29, 0.717) is 13.1 Å². The molecule has 2 fully saturated rings. The highest BCUT2D eigenvalue weighted by Gasteiger charge is 2.41. The third-order valence-corrected chi connectivity index (χ3v) is 3.96. The molecule has 0 aromatic carbocycles. The zero-order valence-electron chi connectivity index (χ0n) is 11.3. The van der Waals surface area contributed by atoms with Gasteiger partial charge in [0, 0.05) is 25.8 Å². The van der Waals surface area contributed by atoms with Crippen molar-refractivity contribution in [3.63, 3.8) is 0 Å². The molecule has 1 unspecified atom stereocenters. The van der Waals surface area contributed by atoms with E-state index in [1.807, 2.05) is 12.1 Å². The second kappa shape index (κ2) is 5.20. The fraction of sp³-hybridized carbons (Fsp3) is 0.500. The van der Waals surface area contributed by atoms with Crippen molar-refractivity contribution >= 4 is 11.8 Å². The van der Waals surface area contributed by atoms with Crippen LogP contribution in [0.5, 0.6) is 0 Å². The molecule has 2 aliphatic heterocycles. The van der Waals surface area contributed by atoms with Gasteiger partial charge in [0.1, 0.15) is 12.6 Å². The zero-order valence-corrected chi connectivity index (χ0v) is 11.3. The van der Waals surface area contributed by atoms with Gasteiger partial charge in [-0.05, 0) is 30.5 Å². The van der Waals surface area contributed by atoms with Gasteiger partial charge < -0.3 is 15.5 Å². The molecule has 0 spiro atoms. The summed E-state index contributed by atoms with van der Waals surface area (Å²) < 4.78 is 0. The van der Waals surface area contributed by atoms with Gasteiger partial charge >= 0.3 is 0 Å². The largest absolute Gasteiger partial charge is 0.329 e. The second-order valence-corrected chi connectivity index (χ2v) is 5.30. The molecule has 106 valence electrons. The first-order chi connectivity index (χ1) is 9.69. The smallest absolute Gasteiger partial charge is 0.246 e. The van der Waals surface area contributed by atoms with E-state index in [0.717, 1.165) is 30.6 Å². The number of amides is 2. The number of aromatic nitrogens is 1. The van der Waals surface area contributed by atoms with Crippen LogP contribution in [0.15, 0.2) is 18.3 Å². The lowest BCUT2D eigenvalue weighted by atomic mass is 10.1. The molecule has 2 amide bonds. The predicted octanol–water partition coefficient (Wildman–Crippen LogP) is -0.126. The molecule has 2 aliphatic rings. The summed E-state index contributed by atoms with van der Waals surface area (Å²) in [6, 6.07) is 3.50. The number of nitrogens with zero attached hydrogens (tertiary/aromatic N) is 3. The molecule has 6 heteroatoms. The molecule has 20 heavy (non-hydrogen) atoms. The van der Waals surface area contributed by atoms with Crippen molar-refractivity contribution < 1.29 is 9.59 Å². The van der Waals surface area contributed by atoms with Crippen molar-refractivity contribution in [2.45, 2.75) is 32.0 Å². The summed E-state index contributed by atoms with van der Waals surface area (Å²) in [5.41, 5.74) is 7.33. The van der Waals surface area contributed by atoms with Crippen molar-refractivity contribution in [2.24, 2.45) is 5.73 Å². The van der Waals surface area contributed by atoms with Crippen LogP contribution in [0.25, 0.3) is 0 Å². The van der Waals surface area contributed by atoms with Gasteiger partial charge in [-0.25, -0.2) is 0 Å². The van der Waals surface area contributed by atoms with E-state index < -0.39 is 0 Å². The molecule has 0 aliphatic carbocycles. The molecule has 0 saturated carbocycles. The summed E-state index contributed by atoms with van der Waals surface area (Å²) in [6.45, 7) is 1.72. The molecule has 2 saturated heterocycles. The number of piperazine rings is 1. The zero-order chi connectivity index (χ0) is 14.1. The fourth-order valence-corrected chi connectivity index (χ4v) is 2.96. The van der Waals surface area contributed by atoms with Crippen LogP contribution >= 0.6 is 0 Å². The maximum Gasteiger partial charge on any atom is 0.246 e. The highest BCUT2D eigenvalue weighted by Crippen LogP contribution is 2.24. The maximum absolute atomic E-state index is 12.4. The SMILES string of the molecule is NCc1cc(CN2CC(=O)N3CCCC3C2=O)ccn1. The van der Waals surface area contributed by atoms with Crippen LogP contribution in [0.1, 0.15) is 24.1 Å². The molecule has 6 nitrogen and oxygen atoms in total. The standard InChI is InChI=1S/C14H18N4O2/c15-7-11-6-10(3-4-16-11)8-17-9-13(19)18-5-1-2-12(18)14(17)20/h3-4,6,12H,1-2,5,7-9,15H2. The van der Waals surface area contributed by atoms with Crippen molar-refractivity contribution in [2.75, 3.05) is 13.1 Å². The van der Waals surface area contributed by atoms with E-state index in [4.69, 9.17) is 5.73 Å². The van der Waals surface area contributed by atoms with Gasteiger partial charge in [0.2, 0.25) is 11.8 Å². The van der Waals surface area contributed by atoms with Crippen LogP contribution < -0.4 is 5.73 Å². The second-order valence-electron chi connectivity index (χ2n) is 5.30. The topological polar surface area (TPSA) is 79.5 Å². The van der Waals surface area contributed by atoms with Crippen LogP contribution in [-0.2, 0) is 22.7 Å². The average molecular weight is 274 g/mol. The number of nitrogens with two attached hydrogens (primary N) is 1. The number of carbonyl (C=O) groups is 2. The number of rotatable bonds is 3. The van der Waals surface area contributed by atoms with Crippen molar-refractivity contribution in [1.82, 2.24) is 14.8 Å². The Hall–Kier alpha value is -1.95. The highest BCUT2D eigenvalue weighted by atomic mass is 16.2. The number of fused-ring (bicyclic) bond motifs is 1. The molecule has 2 N–H and O–H groups in total. The lowest BCUT2D eigenvalue weighted by molar-refractivity contribution is -0.154. The van der Waals surface area contributed by atoms with Crippen molar-refractivity contribution in [3.8, 4) is 0 Å². The summed E-state index contributed by atoms with van der Waals surface area (Å²) in [7, 11) is 0. The van der Waals surface area contributed by atoms with Crippen LogP contribution in [0.4, 0.5) is 0 Å². The molecular formula is C14H18N4O2. The van der Waals surface area contributed by atoms with Crippen molar-refractivity contribution in [3.05, 3.63) is 29.6 Å². The molecular weight excluding hydrogens is 256 g/mol. The summed E-state index contributed by atoms with van der Waals surface area (Å²) in [5, 5.41) is 0. The van der Waals surface area contributed by atoms with Gasteiger partial charge in [0.05, 0.1) is 5.69 Å². The van der Waals surface area contributed by atoms with Gasteiger partial charge in [-0.15, -0.1) is 0 Å². The van der Waals surface area contributed by atoms with Gasteiger partial charge in [-0.3, -0.25) is 14.6 Å². The molecule has 0 radical (unpaired) electrons. The molecule has 1 aromatic heterocycles. The highest BCUT2D eigenvalue weighted by molar-refractivity contribution is 5.95. The lowest BCUT2D eigenvalue weighted by Crippen LogP contribution is -2.56. The summed E-state index contributed by atoms with van der Waals surface area (Å²) >= 11 is 0. The van der Waals surface area contributed by atoms with Gasteiger partial charge in [0.25, 0.3) is 0 Å². The Morgan fingerprint density at radius 1 is 1.40 bits per heavy atom. The first kappa shape index (κ1) is 13.1. The van der Waals surface area contributed by atoms with Gasteiger partial charge in [-0.2, -0.15) is 0 Å². The Balaban J connectivity index is 1.76. The van der Waals surface area contributed by atoms with E-state index in [-0.39, 0.29) is 24.4 Å². The first-order valence-electron chi connectivity index (χ1n) is 6.91. The molecule has 1 atom stereocenters. The Morgan fingerprint density at radius 3 is 3.05 bits per heavy atom. The fourth-order valence-electron chi connectivity index (χ4n) is 2.96. The monoisotopic (exact) mass is 274 g/mol. The average Bonchev–Trinajstić information content (AvgIpc) is 2.95. The number of carbonyl (C=O) groups excluding carboxylic acids is 2. The molecule has 1 aromatic rings. The van der Waals surface area contributed by atoms with Crippen LogP contribution in [-0.4, -0.2) is 45.7 Å². The van der Waals surface area contributed by atoms with E-state index in [1.54, 1.807) is 16.0 Å². The minimum atomic E-state index is -0.243. The van der Waals surface area contributed by atoms with E-state index in [9.17, 15) is 9.59 Å². The minimum absolute atomic E-state index is 0.0557. The van der Waals surface area contributed by atoms with Crippen LogP contribution in [0, 0.1) is 0 Å². The molecule has 0 bridgehead atoms. The third kappa shape index (κ3) is 2.27. The summed E-state index contributed by atoms with van der Waals surface area (Å²) in [4.78, 5) is 31.9. The number of pyridine rings is 1. The van der Waals surface area contributed by atoms with E-state index in [2.05, 4.69) is 4.98 Å².